The Balaban J connectivity index is 1.29. The molecule has 9 heteroatoms. The average molecular weight is 452 g/mol. The van der Waals surface area contributed by atoms with Gasteiger partial charge in [0.2, 0.25) is 5.91 Å². The van der Waals surface area contributed by atoms with E-state index in [0.29, 0.717) is 22.8 Å². The van der Waals surface area contributed by atoms with Crippen molar-refractivity contribution < 1.29 is 14.7 Å². The van der Waals surface area contributed by atoms with Crippen molar-refractivity contribution in [2.45, 2.75) is 30.7 Å². The van der Waals surface area contributed by atoms with Crippen molar-refractivity contribution in [3.05, 3.63) is 39.6 Å². The van der Waals surface area contributed by atoms with E-state index < -0.39 is 11.5 Å². The van der Waals surface area contributed by atoms with Crippen LogP contribution in [0.1, 0.15) is 30.9 Å². The van der Waals surface area contributed by atoms with Gasteiger partial charge in [0.05, 0.1) is 22.6 Å². The Bertz CT molecular complexity index is 967. The first-order valence-electron chi connectivity index (χ1n) is 8.85. The quantitative estimate of drug-likeness (QED) is 0.728. The molecule has 7 nitrogen and oxygen atoms in total. The van der Waals surface area contributed by atoms with Gasteiger partial charge in [0, 0.05) is 16.3 Å². The Hall–Kier alpha value is -1.93. The number of aliphatic carboxylic acids is 1. The van der Waals surface area contributed by atoms with Crippen molar-refractivity contribution in [3.8, 4) is 5.69 Å². The summed E-state index contributed by atoms with van der Waals surface area (Å²) in [6, 6.07) is 5.45. The van der Waals surface area contributed by atoms with E-state index in [4.69, 9.17) is 11.6 Å². The fourth-order valence-corrected chi connectivity index (χ4v) is 4.94. The molecule has 5 rings (SSSR count). The maximum absolute atomic E-state index is 12.6. The van der Waals surface area contributed by atoms with E-state index >= 15 is 0 Å². The highest BCUT2D eigenvalue weighted by atomic mass is 79.9. The maximum atomic E-state index is 12.6. The normalized spacial score (nSPS) is 33.0. The van der Waals surface area contributed by atoms with E-state index in [-0.39, 0.29) is 29.6 Å². The van der Waals surface area contributed by atoms with Crippen molar-refractivity contribution in [2.24, 2.45) is 17.8 Å². The van der Waals surface area contributed by atoms with Crippen LogP contribution in [0.15, 0.2) is 28.9 Å². The van der Waals surface area contributed by atoms with E-state index in [9.17, 15) is 14.7 Å². The number of carbonyl (C=O) groups is 2. The minimum Gasteiger partial charge on any atom is -0.479 e. The number of hydrogen-bond acceptors (Lipinski definition) is 4. The molecule has 0 spiro atoms. The van der Waals surface area contributed by atoms with Gasteiger partial charge in [0.25, 0.3) is 0 Å². The van der Waals surface area contributed by atoms with Crippen LogP contribution >= 0.6 is 27.5 Å². The first-order valence-corrected chi connectivity index (χ1v) is 10.0. The third-order valence-electron chi connectivity index (χ3n) is 6.19. The molecule has 3 aliphatic carbocycles. The molecule has 3 aliphatic rings. The number of nitrogens with zero attached hydrogens (tertiary/aromatic N) is 3. The second-order valence-electron chi connectivity index (χ2n) is 7.59. The summed E-state index contributed by atoms with van der Waals surface area (Å²) in [6.45, 7) is 0. The van der Waals surface area contributed by atoms with Gasteiger partial charge < -0.3 is 10.4 Å². The molecule has 0 aliphatic heterocycles. The zero-order valence-corrected chi connectivity index (χ0v) is 16.4. The predicted molar refractivity (Wildman–Crippen MR) is 99.6 cm³/mol. The summed E-state index contributed by atoms with van der Waals surface area (Å²) in [6.07, 6.45) is 4.20. The van der Waals surface area contributed by atoms with E-state index in [1.165, 1.54) is 0 Å². The summed E-state index contributed by atoms with van der Waals surface area (Å²) in [5.74, 6) is -1.16. The molecule has 140 valence electrons. The molecular formula is C18H16BrClN4O3. The average Bonchev–Trinajstić information content (AvgIpc) is 3.39. The van der Waals surface area contributed by atoms with Gasteiger partial charge in [-0.3, -0.25) is 4.79 Å². The highest BCUT2D eigenvalue weighted by molar-refractivity contribution is 9.10. The van der Waals surface area contributed by atoms with E-state index in [1.54, 1.807) is 16.9 Å². The Morgan fingerprint density at radius 1 is 1.33 bits per heavy atom. The minimum atomic E-state index is -1.02. The van der Waals surface area contributed by atoms with Crippen LogP contribution in [0.3, 0.4) is 0 Å². The molecule has 0 saturated heterocycles. The third-order valence-corrected chi connectivity index (χ3v) is 7.00. The Labute approximate surface area is 168 Å². The predicted octanol–water partition coefficient (Wildman–Crippen LogP) is 2.77. The molecule has 1 amide bonds. The van der Waals surface area contributed by atoms with Gasteiger partial charge in [0.15, 0.2) is 0 Å². The van der Waals surface area contributed by atoms with Crippen molar-refractivity contribution in [1.29, 1.82) is 0 Å². The van der Waals surface area contributed by atoms with Gasteiger partial charge in [-0.05, 0) is 49.3 Å². The standard InChI is InChI=1S/C18H16BrClN4O3/c19-8-1-4-13(20)15(5-8)24-7-14(22-23-24)9-6-10(9)16(25)21-18(17(26)27)11-2-3-12(11)18/h1,4-5,7,9-12H,2-3,6H2,(H,21,25)(H,26,27)/t9-,10+,11-,12+,18?/m0/s1. The van der Waals surface area contributed by atoms with Crippen LogP contribution in [-0.4, -0.2) is 37.5 Å². The Kier molecular flexibility index (Phi) is 3.68. The number of fused-ring (bicyclic) bond motifs is 1. The SMILES string of the molecule is O=C(NC1(C(=O)O)[C@@H]2CC[C@@H]21)[C@@H]1C[C@@H]1c1cn(-c2cc(Br)ccc2Cl)nn1. The van der Waals surface area contributed by atoms with Crippen molar-refractivity contribution in [3.63, 3.8) is 0 Å². The first-order chi connectivity index (χ1) is 12.9. The molecule has 5 atom stereocenters. The van der Waals surface area contributed by atoms with Gasteiger partial charge in [-0.1, -0.05) is 32.7 Å². The number of carbonyl (C=O) groups excluding carboxylic acids is 1. The number of amides is 1. The Morgan fingerprint density at radius 2 is 2.07 bits per heavy atom. The van der Waals surface area contributed by atoms with Crippen LogP contribution in [0.5, 0.6) is 0 Å². The number of benzene rings is 1. The molecular weight excluding hydrogens is 436 g/mol. The number of rotatable bonds is 5. The Morgan fingerprint density at radius 3 is 2.74 bits per heavy atom. The van der Waals surface area contributed by atoms with Gasteiger partial charge in [-0.2, -0.15) is 0 Å². The van der Waals surface area contributed by atoms with E-state index in [2.05, 4.69) is 31.6 Å². The minimum absolute atomic E-state index is 0.0353. The molecule has 0 radical (unpaired) electrons. The lowest BCUT2D eigenvalue weighted by Gasteiger charge is -2.13. The lowest BCUT2D eigenvalue weighted by molar-refractivity contribution is -0.144. The van der Waals surface area contributed by atoms with E-state index in [1.807, 2.05) is 12.1 Å². The highest BCUT2D eigenvalue weighted by Gasteiger charge is 2.75. The number of carboxylic acid groups (broad SMARTS) is 1. The van der Waals surface area contributed by atoms with Crippen LogP contribution in [-0.2, 0) is 9.59 Å². The molecule has 27 heavy (non-hydrogen) atoms. The summed E-state index contributed by atoms with van der Waals surface area (Å²) in [5, 5.41) is 21.2. The topological polar surface area (TPSA) is 97.1 Å². The van der Waals surface area contributed by atoms with Crippen LogP contribution < -0.4 is 5.32 Å². The molecule has 2 N–H and O–H groups in total. The monoisotopic (exact) mass is 450 g/mol. The lowest BCUT2D eigenvalue weighted by Crippen LogP contribution is -2.46. The zero-order valence-electron chi connectivity index (χ0n) is 14.1. The van der Waals surface area contributed by atoms with Gasteiger partial charge in [-0.25, -0.2) is 9.48 Å². The summed E-state index contributed by atoms with van der Waals surface area (Å²) < 4.78 is 2.47. The molecule has 1 aromatic carbocycles. The van der Waals surface area contributed by atoms with Crippen LogP contribution in [0.25, 0.3) is 5.69 Å². The second kappa shape index (κ2) is 5.78. The molecule has 3 saturated carbocycles. The van der Waals surface area contributed by atoms with E-state index in [0.717, 1.165) is 17.3 Å². The molecule has 2 aromatic rings. The van der Waals surface area contributed by atoms with Crippen molar-refractivity contribution in [1.82, 2.24) is 20.3 Å². The molecule has 1 unspecified atom stereocenters. The summed E-state index contributed by atoms with van der Waals surface area (Å²) >= 11 is 9.64. The summed E-state index contributed by atoms with van der Waals surface area (Å²) in [4.78, 5) is 24.2. The van der Waals surface area contributed by atoms with Crippen molar-refractivity contribution in [2.75, 3.05) is 0 Å². The summed E-state index contributed by atoms with van der Waals surface area (Å²) in [5.41, 5.74) is 0.395. The molecule has 1 aromatic heterocycles. The molecule has 3 fully saturated rings. The number of aromatic nitrogens is 3. The number of nitrogens with one attached hydrogen (secondary N) is 1. The van der Waals surface area contributed by atoms with Crippen LogP contribution in [0.2, 0.25) is 5.02 Å². The molecule has 1 heterocycles. The number of hydrogen-bond donors (Lipinski definition) is 2. The largest absolute Gasteiger partial charge is 0.479 e. The molecule has 0 bridgehead atoms. The van der Waals surface area contributed by atoms with Crippen molar-refractivity contribution >= 4 is 39.4 Å². The third kappa shape index (κ3) is 2.53. The maximum Gasteiger partial charge on any atom is 0.330 e. The van der Waals surface area contributed by atoms with Gasteiger partial charge >= 0.3 is 5.97 Å². The summed E-state index contributed by atoms with van der Waals surface area (Å²) in [7, 11) is 0. The fourth-order valence-electron chi connectivity index (χ4n) is 4.38. The first kappa shape index (κ1) is 17.2. The second-order valence-corrected chi connectivity index (χ2v) is 8.91. The van der Waals surface area contributed by atoms with Gasteiger partial charge in [-0.15, -0.1) is 5.10 Å². The lowest BCUT2D eigenvalue weighted by atomic mass is 10.0. The fraction of sp³-hybridized carbons (Fsp3) is 0.444. The zero-order chi connectivity index (χ0) is 18.9. The van der Waals surface area contributed by atoms with Crippen LogP contribution in [0.4, 0.5) is 0 Å². The highest BCUT2D eigenvalue weighted by Crippen LogP contribution is 2.64. The van der Waals surface area contributed by atoms with Gasteiger partial charge in [0.1, 0.15) is 5.54 Å². The number of carboxylic acids is 1. The smallest absolute Gasteiger partial charge is 0.330 e. The number of halogens is 2. The van der Waals surface area contributed by atoms with Crippen LogP contribution in [0, 0.1) is 17.8 Å².